The van der Waals surface area contributed by atoms with E-state index in [1.807, 2.05) is 0 Å². The van der Waals surface area contributed by atoms with E-state index in [4.69, 9.17) is 11.6 Å². The van der Waals surface area contributed by atoms with E-state index in [9.17, 15) is 15.6 Å². The summed E-state index contributed by atoms with van der Waals surface area (Å²) in [6, 6.07) is 8.36. The van der Waals surface area contributed by atoms with Crippen molar-refractivity contribution in [3.05, 3.63) is 34.6 Å². The molecule has 12 heteroatoms. The molecule has 0 spiro atoms. The van der Waals surface area contributed by atoms with Crippen LogP contribution in [0, 0.1) is 22.7 Å². The first-order chi connectivity index (χ1) is 17.0. The molecule has 1 saturated carbocycles. The highest BCUT2D eigenvalue weighted by Crippen LogP contribution is 2.38. The summed E-state index contributed by atoms with van der Waals surface area (Å²) in [5, 5.41) is 40.6. The van der Waals surface area contributed by atoms with Crippen LogP contribution in [-0.4, -0.2) is 74.0 Å². The Morgan fingerprint density at radius 2 is 2.00 bits per heavy atom. The van der Waals surface area contributed by atoms with Gasteiger partial charge in [-0.05, 0) is 31.4 Å². The molecule has 6 rings (SSSR count). The molecule has 0 amide bonds. The zero-order valence-corrected chi connectivity index (χ0v) is 19.6. The van der Waals surface area contributed by atoms with Gasteiger partial charge >= 0.3 is 0 Å². The predicted octanol–water partition coefficient (Wildman–Crippen LogP) is 2.09. The van der Waals surface area contributed by atoms with Crippen molar-refractivity contribution >= 4 is 40.4 Å². The Kier molecular flexibility index (Phi) is 5.33. The number of imidazole rings is 1. The van der Waals surface area contributed by atoms with Crippen LogP contribution in [-0.2, 0) is 0 Å². The van der Waals surface area contributed by atoms with Gasteiger partial charge in [-0.15, -0.1) is 5.10 Å². The Morgan fingerprint density at radius 1 is 1.14 bits per heavy atom. The standard InChI is InChI=1S/C23H23ClN10O/c24-20-18(5-13(8-25)6-19(20)33-4-3-32-12-17(35)7-15(32)11-33)29-23-30-21(28-14-1-2-14)22-27-10-16(9-26)34(22)31-23/h5-6,10,14-15,17,35H,1-4,7,11-12H2,(H2,28,29,30,31). The van der Waals surface area contributed by atoms with Crippen molar-refractivity contribution in [1.29, 1.82) is 10.5 Å². The molecule has 0 radical (unpaired) electrons. The van der Waals surface area contributed by atoms with Gasteiger partial charge in [-0.25, -0.2) is 4.98 Å². The van der Waals surface area contributed by atoms with Gasteiger partial charge in [0.05, 0.1) is 40.3 Å². The molecule has 3 aromatic rings. The van der Waals surface area contributed by atoms with E-state index in [-0.39, 0.29) is 18.1 Å². The first-order valence-corrected chi connectivity index (χ1v) is 12.0. The fourth-order valence-corrected chi connectivity index (χ4v) is 5.15. The topological polar surface area (TPSA) is 141 Å². The van der Waals surface area contributed by atoms with Crippen LogP contribution < -0.4 is 15.5 Å². The third-order valence-electron chi connectivity index (χ3n) is 6.76. The number of aromatic nitrogens is 4. The second kappa shape index (κ2) is 8.54. The Bertz CT molecular complexity index is 1390. The van der Waals surface area contributed by atoms with E-state index in [2.05, 4.69) is 47.6 Å². The number of nitrogens with one attached hydrogen (secondary N) is 2. The molecule has 1 aliphatic carbocycles. The summed E-state index contributed by atoms with van der Waals surface area (Å²) in [6.07, 6.45) is 4.00. The smallest absolute Gasteiger partial charge is 0.247 e. The maximum absolute atomic E-state index is 10.1. The van der Waals surface area contributed by atoms with Gasteiger partial charge in [-0.3, -0.25) is 4.90 Å². The number of piperazine rings is 1. The highest BCUT2D eigenvalue weighted by atomic mass is 35.5. The van der Waals surface area contributed by atoms with Crippen LogP contribution in [0.5, 0.6) is 0 Å². The van der Waals surface area contributed by atoms with Crippen LogP contribution in [0.15, 0.2) is 18.3 Å². The molecule has 2 atom stereocenters. The number of rotatable bonds is 5. The number of aliphatic hydroxyl groups is 1. The lowest BCUT2D eigenvalue weighted by Gasteiger charge is -2.39. The average molecular weight is 491 g/mol. The fourth-order valence-electron chi connectivity index (χ4n) is 4.88. The van der Waals surface area contributed by atoms with E-state index in [1.54, 1.807) is 12.1 Å². The van der Waals surface area contributed by atoms with Gasteiger partial charge in [-0.1, -0.05) is 11.6 Å². The fraction of sp³-hybridized carbons (Fsp3) is 0.435. The molecule has 178 valence electrons. The lowest BCUT2D eigenvalue weighted by Crippen LogP contribution is -2.50. The minimum atomic E-state index is -0.301. The van der Waals surface area contributed by atoms with Crippen LogP contribution in [0.4, 0.5) is 23.1 Å². The zero-order valence-electron chi connectivity index (χ0n) is 18.8. The van der Waals surface area contributed by atoms with Gasteiger partial charge in [0.25, 0.3) is 0 Å². The van der Waals surface area contributed by atoms with Crippen LogP contribution in [0.3, 0.4) is 0 Å². The Labute approximate surface area is 206 Å². The largest absolute Gasteiger partial charge is 0.392 e. The van der Waals surface area contributed by atoms with E-state index in [1.165, 1.54) is 10.7 Å². The Morgan fingerprint density at radius 3 is 2.77 bits per heavy atom. The molecule has 3 aliphatic rings. The number of anilines is 4. The summed E-state index contributed by atoms with van der Waals surface area (Å²) >= 11 is 6.86. The van der Waals surface area contributed by atoms with Crippen molar-refractivity contribution in [3.8, 4) is 12.1 Å². The number of aliphatic hydroxyl groups excluding tert-OH is 1. The van der Waals surface area contributed by atoms with Gasteiger partial charge < -0.3 is 20.6 Å². The minimum Gasteiger partial charge on any atom is -0.392 e. The molecule has 4 heterocycles. The van der Waals surface area contributed by atoms with Gasteiger partial charge in [0.1, 0.15) is 6.07 Å². The van der Waals surface area contributed by atoms with E-state index >= 15 is 0 Å². The minimum absolute atomic E-state index is 0.238. The SMILES string of the molecule is N#Cc1cc(Nc2nc(NC3CC3)c3ncc(C#N)n3n2)c(Cl)c(N2CCN3CC(O)CC3C2)c1. The van der Waals surface area contributed by atoms with Crippen molar-refractivity contribution in [1.82, 2.24) is 24.5 Å². The second-order valence-electron chi connectivity index (χ2n) is 9.27. The monoisotopic (exact) mass is 490 g/mol. The summed E-state index contributed by atoms with van der Waals surface area (Å²) < 4.78 is 1.45. The number of hydrogen-bond acceptors (Lipinski definition) is 10. The maximum Gasteiger partial charge on any atom is 0.247 e. The Hall–Kier alpha value is -3.64. The van der Waals surface area contributed by atoms with E-state index < -0.39 is 0 Å². The van der Waals surface area contributed by atoms with Crippen LogP contribution >= 0.6 is 11.6 Å². The number of nitrogens with zero attached hydrogens (tertiary/aromatic N) is 8. The molecule has 35 heavy (non-hydrogen) atoms. The van der Waals surface area contributed by atoms with Crippen molar-refractivity contribution in [2.45, 2.75) is 37.5 Å². The first-order valence-electron chi connectivity index (χ1n) is 11.6. The number of hydrogen-bond donors (Lipinski definition) is 3. The van der Waals surface area contributed by atoms with Gasteiger partial charge in [0, 0.05) is 38.3 Å². The second-order valence-corrected chi connectivity index (χ2v) is 9.65. The quantitative estimate of drug-likeness (QED) is 0.486. The van der Waals surface area contributed by atoms with Crippen LogP contribution in [0.1, 0.15) is 30.5 Å². The lowest BCUT2D eigenvalue weighted by molar-refractivity contribution is 0.173. The molecule has 3 fully saturated rings. The third kappa shape index (κ3) is 4.08. The molecule has 1 aromatic carbocycles. The summed E-state index contributed by atoms with van der Waals surface area (Å²) in [6.45, 7) is 3.00. The van der Waals surface area contributed by atoms with Crippen LogP contribution in [0.2, 0.25) is 5.02 Å². The van der Waals surface area contributed by atoms with Crippen LogP contribution in [0.25, 0.3) is 5.65 Å². The molecular weight excluding hydrogens is 468 g/mol. The first kappa shape index (κ1) is 21.9. The maximum atomic E-state index is 10.1. The van der Waals surface area contributed by atoms with Crippen molar-refractivity contribution in [3.63, 3.8) is 0 Å². The molecule has 2 unspecified atom stereocenters. The predicted molar refractivity (Wildman–Crippen MR) is 130 cm³/mol. The highest BCUT2D eigenvalue weighted by Gasteiger charge is 2.36. The molecule has 2 saturated heterocycles. The van der Waals surface area contributed by atoms with Gasteiger partial charge in [0.15, 0.2) is 17.2 Å². The summed E-state index contributed by atoms with van der Waals surface area (Å²) in [5.74, 6) is 0.775. The molecule has 0 bridgehead atoms. The number of benzene rings is 1. The zero-order chi connectivity index (χ0) is 24.1. The lowest BCUT2D eigenvalue weighted by atomic mass is 10.1. The summed E-state index contributed by atoms with van der Waals surface area (Å²) in [4.78, 5) is 13.4. The van der Waals surface area contributed by atoms with Gasteiger partial charge in [-0.2, -0.15) is 20.0 Å². The van der Waals surface area contributed by atoms with E-state index in [0.29, 0.717) is 46.0 Å². The molecule has 11 nitrogen and oxygen atoms in total. The van der Waals surface area contributed by atoms with Crippen molar-refractivity contribution < 1.29 is 5.11 Å². The number of halogens is 1. The molecule has 2 aliphatic heterocycles. The Balaban J connectivity index is 1.35. The average Bonchev–Trinajstić information content (AvgIpc) is 3.44. The van der Waals surface area contributed by atoms with Crippen molar-refractivity contribution in [2.75, 3.05) is 41.7 Å². The highest BCUT2D eigenvalue weighted by molar-refractivity contribution is 6.36. The number of fused-ring (bicyclic) bond motifs is 2. The van der Waals surface area contributed by atoms with Crippen molar-refractivity contribution in [2.24, 2.45) is 0 Å². The van der Waals surface area contributed by atoms with Gasteiger partial charge in [0.2, 0.25) is 5.95 Å². The normalized spacial score (nSPS) is 22.0. The number of nitriles is 2. The molecular formula is C23H23ClN10O. The van der Waals surface area contributed by atoms with E-state index in [0.717, 1.165) is 44.6 Å². The summed E-state index contributed by atoms with van der Waals surface area (Å²) in [5.41, 5.74) is 2.49. The summed E-state index contributed by atoms with van der Waals surface area (Å²) in [7, 11) is 0. The molecule has 2 aromatic heterocycles. The molecule has 3 N–H and O–H groups in total. The third-order valence-corrected chi connectivity index (χ3v) is 7.16.